The molecule has 8 heteroatoms. The zero-order valence-corrected chi connectivity index (χ0v) is 35.7. The van der Waals surface area contributed by atoms with E-state index in [2.05, 4.69) is 53.8 Å². The zero-order valence-electron chi connectivity index (χ0n) is 34.9. The number of amides is 1. The Morgan fingerprint density at radius 3 is 2.18 bits per heavy atom. The second-order valence-electron chi connectivity index (χ2n) is 21.2. The summed E-state index contributed by atoms with van der Waals surface area (Å²) in [5.74, 6) is -0.153. The highest BCUT2D eigenvalue weighted by Gasteiger charge is 2.70. The molecule has 5 saturated carbocycles. The Kier molecular flexibility index (Phi) is 10.1. The van der Waals surface area contributed by atoms with E-state index in [1.165, 1.54) is 5.57 Å². The van der Waals surface area contributed by atoms with E-state index < -0.39 is 17.3 Å². The van der Waals surface area contributed by atoms with Crippen molar-refractivity contribution >= 4 is 35.2 Å². The lowest BCUT2D eigenvalue weighted by atomic mass is 9.33. The summed E-state index contributed by atoms with van der Waals surface area (Å²) in [7, 11) is 0. The van der Waals surface area contributed by atoms with Gasteiger partial charge in [-0.2, -0.15) is 0 Å². The van der Waals surface area contributed by atoms with Crippen molar-refractivity contribution in [2.45, 2.75) is 145 Å². The van der Waals surface area contributed by atoms with Gasteiger partial charge in [0, 0.05) is 28.8 Å². The molecule has 0 radical (unpaired) electrons. The molecule has 10 atom stereocenters. The molecule has 6 aliphatic rings. The van der Waals surface area contributed by atoms with Crippen molar-refractivity contribution in [3.63, 3.8) is 0 Å². The van der Waals surface area contributed by atoms with Gasteiger partial charge in [0.1, 0.15) is 6.10 Å². The number of benzene rings is 1. The predicted octanol–water partition coefficient (Wildman–Crippen LogP) is 10.0. The molecule has 0 bridgehead atoms. The SMILES string of the molecule is CC(C)C1=C2[C@H]3CC[C@@H]4[C@@]5(C)CC[C@H](OC(=O)[C@H]6C[C@@H](C(=O)O)C6(C)C)C(C)(C)[C@@H]5CC[C@@]4(C)[C@]3(C)CC[C@@]2(CCNC(=O)Cc2ccc(Cl)cc2)CC1=O. The van der Waals surface area contributed by atoms with Crippen LogP contribution in [0.5, 0.6) is 0 Å². The van der Waals surface area contributed by atoms with Crippen molar-refractivity contribution in [1.29, 1.82) is 0 Å². The molecule has 5 fully saturated rings. The van der Waals surface area contributed by atoms with Crippen LogP contribution in [0.15, 0.2) is 35.4 Å². The zero-order chi connectivity index (χ0) is 40.1. The summed E-state index contributed by atoms with van der Waals surface area (Å²) >= 11 is 6.06. The van der Waals surface area contributed by atoms with Crippen LogP contribution in [0, 0.1) is 68.0 Å². The Morgan fingerprint density at radius 1 is 0.855 bits per heavy atom. The molecule has 7 rings (SSSR count). The van der Waals surface area contributed by atoms with Crippen molar-refractivity contribution in [1.82, 2.24) is 5.32 Å². The van der Waals surface area contributed by atoms with E-state index in [-0.39, 0.29) is 56.9 Å². The van der Waals surface area contributed by atoms with Gasteiger partial charge < -0.3 is 15.2 Å². The molecule has 1 aromatic carbocycles. The highest BCUT2D eigenvalue weighted by Crippen LogP contribution is 2.77. The lowest BCUT2D eigenvalue weighted by Gasteiger charge is -2.72. The Hall–Kier alpha value is -2.67. The fourth-order valence-electron chi connectivity index (χ4n) is 14.5. The summed E-state index contributed by atoms with van der Waals surface area (Å²) in [5.41, 5.74) is 2.72. The number of carboxylic acids is 1. The fourth-order valence-corrected chi connectivity index (χ4v) is 14.6. The van der Waals surface area contributed by atoms with Crippen LogP contribution in [0.25, 0.3) is 0 Å². The fraction of sp³-hybridized carbons (Fsp3) is 0.745. The third-order valence-corrected chi connectivity index (χ3v) is 18.1. The smallest absolute Gasteiger partial charge is 0.309 e. The lowest BCUT2D eigenvalue weighted by Crippen LogP contribution is -2.66. The largest absolute Gasteiger partial charge is 0.481 e. The molecular formula is C47H66ClNO6. The van der Waals surface area contributed by atoms with Crippen LogP contribution in [-0.4, -0.2) is 41.4 Å². The number of ketones is 1. The predicted molar refractivity (Wildman–Crippen MR) is 215 cm³/mol. The molecule has 0 heterocycles. The first-order chi connectivity index (χ1) is 25.6. The van der Waals surface area contributed by atoms with E-state index >= 15 is 0 Å². The Balaban J connectivity index is 1.10. The highest BCUT2D eigenvalue weighted by molar-refractivity contribution is 6.30. The van der Waals surface area contributed by atoms with Gasteiger partial charge in [0.25, 0.3) is 0 Å². The number of allylic oxidation sites excluding steroid dienone is 2. The van der Waals surface area contributed by atoms with Crippen LogP contribution in [-0.2, 0) is 30.3 Å². The molecule has 7 nitrogen and oxygen atoms in total. The molecule has 6 aliphatic carbocycles. The average molecular weight is 776 g/mol. The number of hydrogen-bond acceptors (Lipinski definition) is 5. The maximum Gasteiger partial charge on any atom is 0.309 e. The van der Waals surface area contributed by atoms with Gasteiger partial charge in [0.2, 0.25) is 5.91 Å². The number of halogens is 1. The number of Topliss-reactive ketones (excluding diaryl/α,β-unsaturated/α-hetero) is 1. The minimum atomic E-state index is -0.828. The van der Waals surface area contributed by atoms with E-state index in [9.17, 15) is 24.3 Å². The first-order valence-electron chi connectivity index (χ1n) is 21.3. The summed E-state index contributed by atoms with van der Waals surface area (Å²) in [5, 5.41) is 13.5. The molecule has 1 aromatic rings. The number of hydrogen-bond donors (Lipinski definition) is 2. The Morgan fingerprint density at radius 2 is 1.55 bits per heavy atom. The topological polar surface area (TPSA) is 110 Å². The van der Waals surface area contributed by atoms with E-state index in [4.69, 9.17) is 16.3 Å². The Bertz CT molecular complexity index is 1780. The van der Waals surface area contributed by atoms with Crippen LogP contribution in [0.3, 0.4) is 0 Å². The van der Waals surface area contributed by atoms with Crippen molar-refractivity contribution in [3.05, 3.63) is 46.0 Å². The maximum atomic E-state index is 14.0. The van der Waals surface area contributed by atoms with Gasteiger partial charge >= 0.3 is 11.9 Å². The van der Waals surface area contributed by atoms with Gasteiger partial charge in [-0.3, -0.25) is 19.2 Å². The lowest BCUT2D eigenvalue weighted by molar-refractivity contribution is -0.236. The molecule has 2 N–H and O–H groups in total. The van der Waals surface area contributed by atoms with E-state index in [0.717, 1.165) is 68.9 Å². The minimum Gasteiger partial charge on any atom is -0.481 e. The van der Waals surface area contributed by atoms with Gasteiger partial charge in [-0.15, -0.1) is 0 Å². The van der Waals surface area contributed by atoms with Crippen molar-refractivity contribution in [3.8, 4) is 0 Å². The molecule has 0 aromatic heterocycles. The molecule has 55 heavy (non-hydrogen) atoms. The number of carboxylic acid groups (broad SMARTS) is 1. The number of fused-ring (bicyclic) bond motifs is 7. The van der Waals surface area contributed by atoms with Gasteiger partial charge in [-0.1, -0.05) is 91.6 Å². The number of ether oxygens (including phenoxy) is 1. The quantitative estimate of drug-likeness (QED) is 0.242. The van der Waals surface area contributed by atoms with Crippen LogP contribution >= 0.6 is 11.6 Å². The number of aliphatic carboxylic acids is 1. The van der Waals surface area contributed by atoms with Crippen molar-refractivity contribution in [2.24, 2.45) is 68.0 Å². The monoisotopic (exact) mass is 775 g/mol. The third kappa shape index (κ3) is 6.17. The molecule has 0 spiro atoms. The number of nitrogens with one attached hydrogen (secondary N) is 1. The summed E-state index contributed by atoms with van der Waals surface area (Å²) in [6.45, 7) is 21.1. The first kappa shape index (κ1) is 40.5. The standard InChI is InChI=1S/C47H66ClNO6/c1-27(2)38-33(50)26-47(22-23-49-37(51)24-28-10-12-29(48)13-11-28)21-20-45(8)30(39(38)47)14-15-35-44(7)18-17-36(43(5,6)34(44)16-19-46(35,45)9)55-41(54)32-25-31(40(52)53)42(32,3)4/h10-13,27,30-32,34-36H,14-26H2,1-9H3,(H,49,51)(H,52,53)/t30-,31+,32-,34+,35-,36+,44+,45-,46-,47-/m1/s1. The van der Waals surface area contributed by atoms with E-state index in [1.807, 2.05) is 38.1 Å². The molecular weight excluding hydrogens is 710 g/mol. The third-order valence-electron chi connectivity index (χ3n) is 17.8. The number of carbonyl (C=O) groups excluding carboxylic acids is 3. The van der Waals surface area contributed by atoms with Crippen molar-refractivity contribution in [2.75, 3.05) is 6.54 Å². The van der Waals surface area contributed by atoms with Crippen molar-refractivity contribution < 1.29 is 29.0 Å². The number of carbonyl (C=O) groups is 4. The summed E-state index contributed by atoms with van der Waals surface area (Å²) in [4.78, 5) is 52.5. The summed E-state index contributed by atoms with van der Waals surface area (Å²) in [6.07, 6.45) is 10.2. The van der Waals surface area contributed by atoms with E-state index in [1.54, 1.807) is 0 Å². The van der Waals surface area contributed by atoms with Crippen LogP contribution in [0.1, 0.15) is 139 Å². The van der Waals surface area contributed by atoms with E-state index in [0.29, 0.717) is 54.4 Å². The second kappa shape index (κ2) is 13.7. The highest BCUT2D eigenvalue weighted by atomic mass is 35.5. The normalized spacial score (nSPS) is 39.9. The molecule has 1 amide bonds. The molecule has 0 aliphatic heterocycles. The van der Waals surface area contributed by atoms with Gasteiger partial charge in [0.05, 0.1) is 18.3 Å². The summed E-state index contributed by atoms with van der Waals surface area (Å²) in [6, 6.07) is 7.44. The Labute approximate surface area is 334 Å². The van der Waals surface area contributed by atoms with Gasteiger partial charge in [-0.05, 0) is 133 Å². The van der Waals surface area contributed by atoms with Crippen LogP contribution in [0.4, 0.5) is 0 Å². The summed E-state index contributed by atoms with van der Waals surface area (Å²) < 4.78 is 6.42. The van der Waals surface area contributed by atoms with Gasteiger partial charge in [-0.25, -0.2) is 0 Å². The van der Waals surface area contributed by atoms with Crippen LogP contribution in [0.2, 0.25) is 5.02 Å². The molecule has 0 unspecified atom stereocenters. The first-order valence-corrected chi connectivity index (χ1v) is 21.7. The minimum absolute atomic E-state index is 0.00226. The number of esters is 1. The average Bonchev–Trinajstić information content (AvgIpc) is 3.38. The van der Waals surface area contributed by atoms with Gasteiger partial charge in [0.15, 0.2) is 5.78 Å². The number of rotatable bonds is 9. The van der Waals surface area contributed by atoms with Crippen LogP contribution < -0.4 is 5.32 Å². The second-order valence-corrected chi connectivity index (χ2v) is 21.6. The molecule has 0 saturated heterocycles. The maximum absolute atomic E-state index is 14.0. The molecule has 302 valence electrons.